The molecule has 0 saturated heterocycles. The van der Waals surface area contributed by atoms with Crippen LogP contribution < -0.4 is 10.3 Å². The van der Waals surface area contributed by atoms with Crippen LogP contribution in [0.3, 0.4) is 0 Å². The summed E-state index contributed by atoms with van der Waals surface area (Å²) < 4.78 is 7.08. The van der Waals surface area contributed by atoms with Crippen LogP contribution in [0.15, 0.2) is 53.3 Å². The molecule has 4 nitrogen and oxygen atoms in total. The van der Waals surface area contributed by atoms with Gasteiger partial charge in [-0.15, -0.1) is 0 Å². The molecule has 0 amide bonds. The summed E-state index contributed by atoms with van der Waals surface area (Å²) in [5, 5.41) is 1.33. The van der Waals surface area contributed by atoms with Crippen molar-refractivity contribution in [2.75, 3.05) is 0 Å². The van der Waals surface area contributed by atoms with Crippen molar-refractivity contribution in [3.05, 3.63) is 75.0 Å². The summed E-state index contributed by atoms with van der Waals surface area (Å²) in [6.07, 6.45) is 0.126. The number of hydrogen-bond donors (Lipinski definition) is 0. The summed E-state index contributed by atoms with van der Waals surface area (Å²) in [6.45, 7) is 0. The van der Waals surface area contributed by atoms with Crippen LogP contribution in [0.1, 0.15) is 23.5 Å². The third-order valence-corrected chi connectivity index (χ3v) is 4.71. The van der Waals surface area contributed by atoms with Crippen molar-refractivity contribution in [2.24, 2.45) is 7.05 Å². The smallest absolute Gasteiger partial charge is 0.312 e. The van der Waals surface area contributed by atoms with E-state index < -0.39 is 0 Å². The molecule has 1 atom stereocenters. The summed E-state index contributed by atoms with van der Waals surface area (Å²) in [5.41, 5.74) is 1.94. The van der Waals surface area contributed by atoms with Gasteiger partial charge in [0.15, 0.2) is 0 Å². The van der Waals surface area contributed by atoms with E-state index in [1.54, 1.807) is 23.7 Å². The Labute approximate surface area is 143 Å². The minimum Gasteiger partial charge on any atom is -0.425 e. The van der Waals surface area contributed by atoms with Gasteiger partial charge < -0.3 is 9.30 Å². The number of nitrogens with zero attached hydrogens (tertiary/aromatic N) is 1. The van der Waals surface area contributed by atoms with Crippen molar-refractivity contribution < 1.29 is 9.53 Å². The lowest BCUT2D eigenvalue weighted by Gasteiger charge is -2.26. The lowest BCUT2D eigenvalue weighted by atomic mass is 9.86. The Hall–Kier alpha value is -2.59. The maximum atomic E-state index is 12.9. The number of carbonyl (C=O) groups excluding carboxylic acids is 1. The van der Waals surface area contributed by atoms with E-state index in [1.165, 1.54) is 0 Å². The Balaban J connectivity index is 2.07. The van der Waals surface area contributed by atoms with E-state index in [2.05, 4.69) is 0 Å². The van der Waals surface area contributed by atoms with Crippen LogP contribution in [0.4, 0.5) is 0 Å². The number of ether oxygens (including phenoxy) is 1. The standard InChI is InChI=1S/C19H14ClNO3/c1-21-15-8-3-2-7-13(15)18-17(19(21)23)14(10-16(22)24-18)11-5-4-6-12(20)9-11/h2-9,14H,10H2,1H3. The second-order valence-electron chi connectivity index (χ2n) is 5.91. The number of rotatable bonds is 1. The molecule has 0 bridgehead atoms. The Morgan fingerprint density at radius 2 is 1.92 bits per heavy atom. The first kappa shape index (κ1) is 15.0. The monoisotopic (exact) mass is 339 g/mol. The van der Waals surface area contributed by atoms with Gasteiger partial charge in [-0.05, 0) is 29.8 Å². The van der Waals surface area contributed by atoms with Gasteiger partial charge in [-0.3, -0.25) is 9.59 Å². The zero-order chi connectivity index (χ0) is 16.8. The van der Waals surface area contributed by atoms with Gasteiger partial charge in [0.25, 0.3) is 5.56 Å². The molecule has 1 unspecified atom stereocenters. The number of halogens is 1. The molecule has 2 aromatic carbocycles. The fourth-order valence-corrected chi connectivity index (χ4v) is 3.54. The fourth-order valence-electron chi connectivity index (χ4n) is 3.34. The van der Waals surface area contributed by atoms with Gasteiger partial charge in [-0.2, -0.15) is 0 Å². The average molecular weight is 340 g/mol. The van der Waals surface area contributed by atoms with Crippen molar-refractivity contribution in [3.63, 3.8) is 0 Å². The minimum absolute atomic E-state index is 0.126. The molecule has 1 aliphatic rings. The zero-order valence-electron chi connectivity index (χ0n) is 13.0. The molecule has 4 rings (SSSR count). The first-order valence-electron chi connectivity index (χ1n) is 7.64. The van der Waals surface area contributed by atoms with Crippen LogP contribution in [-0.4, -0.2) is 10.5 Å². The first-order chi connectivity index (χ1) is 11.6. The summed E-state index contributed by atoms with van der Waals surface area (Å²) in [5.74, 6) is -0.330. The molecule has 120 valence electrons. The molecule has 1 aromatic heterocycles. The highest BCUT2D eigenvalue weighted by molar-refractivity contribution is 6.30. The highest BCUT2D eigenvalue weighted by atomic mass is 35.5. The molecule has 2 heterocycles. The molecule has 0 aliphatic carbocycles. The maximum absolute atomic E-state index is 12.9. The zero-order valence-corrected chi connectivity index (χ0v) is 13.7. The Morgan fingerprint density at radius 3 is 2.71 bits per heavy atom. The van der Waals surface area contributed by atoms with Gasteiger partial charge in [0.05, 0.1) is 17.5 Å². The predicted octanol–water partition coefficient (Wildman–Crippen LogP) is 3.63. The van der Waals surface area contributed by atoms with Crippen molar-refractivity contribution in [3.8, 4) is 5.75 Å². The molecule has 0 saturated carbocycles. The number of esters is 1. The molecular weight excluding hydrogens is 326 g/mol. The van der Waals surface area contributed by atoms with Gasteiger partial charge in [0, 0.05) is 23.4 Å². The molecular formula is C19H14ClNO3. The fraction of sp³-hybridized carbons (Fsp3) is 0.158. The van der Waals surface area contributed by atoms with Crippen LogP contribution in [-0.2, 0) is 11.8 Å². The van der Waals surface area contributed by atoms with E-state index >= 15 is 0 Å². The van der Waals surface area contributed by atoms with Crippen LogP contribution in [0, 0.1) is 0 Å². The second-order valence-corrected chi connectivity index (χ2v) is 6.35. The van der Waals surface area contributed by atoms with Crippen molar-refractivity contribution in [2.45, 2.75) is 12.3 Å². The topological polar surface area (TPSA) is 48.3 Å². The number of hydrogen-bond acceptors (Lipinski definition) is 3. The Kier molecular flexibility index (Phi) is 3.43. The number of aromatic nitrogens is 1. The largest absolute Gasteiger partial charge is 0.425 e. The summed E-state index contributed by atoms with van der Waals surface area (Å²) in [4.78, 5) is 25.1. The predicted molar refractivity (Wildman–Crippen MR) is 92.7 cm³/mol. The number of benzene rings is 2. The van der Waals surface area contributed by atoms with Gasteiger partial charge in [0.2, 0.25) is 0 Å². The van der Waals surface area contributed by atoms with E-state index in [0.29, 0.717) is 16.3 Å². The second kappa shape index (κ2) is 5.49. The summed E-state index contributed by atoms with van der Waals surface area (Å²) in [6, 6.07) is 14.7. The normalized spacial score (nSPS) is 16.8. The summed E-state index contributed by atoms with van der Waals surface area (Å²) in [7, 11) is 1.73. The molecule has 0 radical (unpaired) electrons. The number of carbonyl (C=O) groups is 1. The van der Waals surface area contributed by atoms with Gasteiger partial charge >= 0.3 is 5.97 Å². The van der Waals surface area contributed by atoms with Crippen molar-refractivity contribution >= 4 is 28.5 Å². The molecule has 1 aliphatic heterocycles. The third-order valence-electron chi connectivity index (χ3n) is 4.48. The molecule has 5 heteroatoms. The highest BCUT2D eigenvalue weighted by Gasteiger charge is 2.33. The van der Waals surface area contributed by atoms with E-state index in [-0.39, 0.29) is 23.9 Å². The molecule has 3 aromatic rings. The Bertz CT molecular complexity index is 1040. The first-order valence-corrected chi connectivity index (χ1v) is 8.02. The van der Waals surface area contributed by atoms with Gasteiger partial charge in [-0.25, -0.2) is 0 Å². The lowest BCUT2D eigenvalue weighted by molar-refractivity contribution is -0.135. The minimum atomic E-state index is -0.358. The highest BCUT2D eigenvalue weighted by Crippen LogP contribution is 2.40. The average Bonchev–Trinajstić information content (AvgIpc) is 2.59. The van der Waals surface area contributed by atoms with Gasteiger partial charge in [-0.1, -0.05) is 35.9 Å². The molecule has 0 spiro atoms. The number of para-hydroxylation sites is 1. The summed E-state index contributed by atoms with van der Waals surface area (Å²) >= 11 is 6.09. The number of pyridine rings is 1. The van der Waals surface area contributed by atoms with E-state index in [1.807, 2.05) is 36.4 Å². The number of fused-ring (bicyclic) bond motifs is 3. The quantitative estimate of drug-likeness (QED) is 0.636. The van der Waals surface area contributed by atoms with Crippen LogP contribution >= 0.6 is 11.6 Å². The van der Waals surface area contributed by atoms with E-state index in [4.69, 9.17) is 16.3 Å². The molecule has 24 heavy (non-hydrogen) atoms. The van der Waals surface area contributed by atoms with Crippen LogP contribution in [0.5, 0.6) is 5.75 Å². The Morgan fingerprint density at radius 1 is 1.12 bits per heavy atom. The maximum Gasteiger partial charge on any atom is 0.312 e. The van der Waals surface area contributed by atoms with Crippen molar-refractivity contribution in [1.29, 1.82) is 0 Å². The van der Waals surface area contributed by atoms with Crippen LogP contribution in [0.2, 0.25) is 5.02 Å². The SMILES string of the molecule is Cn1c(=O)c2c(c3ccccc31)OC(=O)CC2c1cccc(Cl)c1. The third kappa shape index (κ3) is 2.22. The van der Waals surface area contributed by atoms with E-state index in [9.17, 15) is 9.59 Å². The lowest BCUT2D eigenvalue weighted by Crippen LogP contribution is -2.31. The molecule has 0 N–H and O–H groups in total. The molecule has 0 fully saturated rings. The number of aryl methyl sites for hydroxylation is 1. The van der Waals surface area contributed by atoms with Crippen molar-refractivity contribution in [1.82, 2.24) is 4.57 Å². The van der Waals surface area contributed by atoms with Crippen LogP contribution in [0.25, 0.3) is 10.9 Å². The van der Waals surface area contributed by atoms with Gasteiger partial charge in [0.1, 0.15) is 5.75 Å². The van der Waals surface area contributed by atoms with E-state index in [0.717, 1.165) is 16.5 Å².